The zero-order chi connectivity index (χ0) is 17.4. The minimum atomic E-state index is -0.731. The molecule has 0 aliphatic rings. The first-order chi connectivity index (χ1) is 11.6. The number of primary amides is 1. The lowest BCUT2D eigenvalue weighted by Gasteiger charge is -2.06. The molecule has 2 rings (SSSR count). The Balaban J connectivity index is 1.83. The molecule has 0 unspecified atom stereocenters. The van der Waals surface area contributed by atoms with Gasteiger partial charge in [0.1, 0.15) is 17.4 Å². The van der Waals surface area contributed by atoms with Crippen molar-refractivity contribution in [3.63, 3.8) is 0 Å². The van der Waals surface area contributed by atoms with Crippen molar-refractivity contribution in [1.29, 1.82) is 5.26 Å². The van der Waals surface area contributed by atoms with Crippen molar-refractivity contribution in [2.75, 3.05) is 12.4 Å². The van der Waals surface area contributed by atoms with Crippen molar-refractivity contribution in [2.45, 2.75) is 11.8 Å². The number of thioether (sulfide) groups is 1. The molecule has 4 nitrogen and oxygen atoms in total. The molecule has 5 heteroatoms. The molecule has 0 radical (unpaired) electrons. The van der Waals surface area contributed by atoms with Crippen molar-refractivity contribution in [2.24, 2.45) is 5.73 Å². The zero-order valence-electron chi connectivity index (χ0n) is 13.4. The number of carbonyl (C=O) groups is 1. The van der Waals surface area contributed by atoms with Crippen LogP contribution in [-0.4, -0.2) is 18.3 Å². The van der Waals surface area contributed by atoms with Gasteiger partial charge in [-0.05, 0) is 42.8 Å². The van der Waals surface area contributed by atoms with Gasteiger partial charge < -0.3 is 10.5 Å². The smallest absolute Gasteiger partial charge is 0.259 e. The van der Waals surface area contributed by atoms with Gasteiger partial charge in [-0.3, -0.25) is 4.79 Å². The lowest BCUT2D eigenvalue weighted by molar-refractivity contribution is -0.114. The van der Waals surface area contributed by atoms with Crippen molar-refractivity contribution in [3.8, 4) is 11.8 Å². The van der Waals surface area contributed by atoms with Crippen molar-refractivity contribution in [3.05, 3.63) is 65.2 Å². The molecule has 0 spiro atoms. The van der Waals surface area contributed by atoms with Crippen LogP contribution in [0.2, 0.25) is 0 Å². The summed E-state index contributed by atoms with van der Waals surface area (Å²) in [6.07, 6.45) is 1.46. The average molecular weight is 338 g/mol. The fourth-order valence-corrected chi connectivity index (χ4v) is 2.67. The van der Waals surface area contributed by atoms with Gasteiger partial charge in [-0.25, -0.2) is 0 Å². The van der Waals surface area contributed by atoms with Crippen LogP contribution in [0.4, 0.5) is 0 Å². The number of nitrogens with two attached hydrogens (primary N) is 1. The largest absolute Gasteiger partial charge is 0.493 e. The van der Waals surface area contributed by atoms with Gasteiger partial charge in [-0.2, -0.15) is 5.26 Å². The summed E-state index contributed by atoms with van der Waals surface area (Å²) in [6.45, 7) is 2.66. The number of nitrogens with zero attached hydrogens (tertiary/aromatic N) is 1. The molecule has 0 aliphatic heterocycles. The topological polar surface area (TPSA) is 76.1 Å². The number of hydrogen-bond donors (Lipinski definition) is 1. The molecule has 122 valence electrons. The number of carbonyl (C=O) groups excluding carboxylic acids is 1. The van der Waals surface area contributed by atoms with Crippen LogP contribution in [0.15, 0.2) is 59.0 Å². The van der Waals surface area contributed by atoms with E-state index in [1.54, 1.807) is 42.1 Å². The molecule has 0 heterocycles. The first-order valence-corrected chi connectivity index (χ1v) is 8.41. The maximum atomic E-state index is 11.0. The van der Waals surface area contributed by atoms with Gasteiger partial charge in [-0.1, -0.05) is 29.8 Å². The number of benzene rings is 2. The molecule has 0 aliphatic carbocycles. The molecule has 1 amide bonds. The van der Waals surface area contributed by atoms with Gasteiger partial charge >= 0.3 is 0 Å². The van der Waals surface area contributed by atoms with Crippen molar-refractivity contribution >= 4 is 23.7 Å². The average Bonchev–Trinajstić information content (AvgIpc) is 2.59. The minimum absolute atomic E-state index is 0.0711. The number of amides is 1. The number of aryl methyl sites for hydroxylation is 1. The Kier molecular flexibility index (Phi) is 6.47. The summed E-state index contributed by atoms with van der Waals surface area (Å²) in [7, 11) is 0. The predicted octanol–water partition coefficient (Wildman–Crippen LogP) is 3.56. The van der Waals surface area contributed by atoms with Gasteiger partial charge in [0.2, 0.25) is 0 Å². The third-order valence-corrected chi connectivity index (χ3v) is 4.20. The predicted molar refractivity (Wildman–Crippen MR) is 96.6 cm³/mol. The summed E-state index contributed by atoms with van der Waals surface area (Å²) in [5.41, 5.74) is 7.01. The molecule has 24 heavy (non-hydrogen) atoms. The number of ether oxygens (including phenoxy) is 1. The highest BCUT2D eigenvalue weighted by molar-refractivity contribution is 7.99. The first-order valence-electron chi connectivity index (χ1n) is 7.42. The van der Waals surface area contributed by atoms with E-state index >= 15 is 0 Å². The summed E-state index contributed by atoms with van der Waals surface area (Å²) < 4.78 is 5.69. The van der Waals surface area contributed by atoms with E-state index in [-0.39, 0.29) is 5.57 Å². The fraction of sp³-hybridized carbons (Fsp3) is 0.158. The van der Waals surface area contributed by atoms with Crippen LogP contribution in [0.25, 0.3) is 6.08 Å². The molecule has 0 bridgehead atoms. The highest BCUT2D eigenvalue weighted by Crippen LogP contribution is 2.19. The number of hydrogen-bond acceptors (Lipinski definition) is 4. The summed E-state index contributed by atoms with van der Waals surface area (Å²) in [4.78, 5) is 12.2. The summed E-state index contributed by atoms with van der Waals surface area (Å²) in [5.74, 6) is 0.866. The first kappa shape index (κ1) is 17.6. The lowest BCUT2D eigenvalue weighted by atomic mass is 10.1. The van der Waals surface area contributed by atoms with Crippen LogP contribution >= 0.6 is 11.8 Å². The fourth-order valence-electron chi connectivity index (χ4n) is 1.94. The van der Waals surface area contributed by atoms with Crippen LogP contribution in [0.1, 0.15) is 11.1 Å². The molecule has 2 aromatic rings. The molecule has 2 aromatic carbocycles. The second-order valence-electron chi connectivity index (χ2n) is 5.11. The Hall–Kier alpha value is -2.71. The van der Waals surface area contributed by atoms with Gasteiger partial charge in [0, 0.05) is 10.6 Å². The van der Waals surface area contributed by atoms with E-state index in [0.29, 0.717) is 6.61 Å². The van der Waals surface area contributed by atoms with E-state index in [1.165, 1.54) is 16.5 Å². The Morgan fingerprint density at radius 2 is 1.88 bits per heavy atom. The monoisotopic (exact) mass is 338 g/mol. The molecule has 0 atom stereocenters. The molecule has 0 aromatic heterocycles. The highest BCUT2D eigenvalue weighted by Gasteiger charge is 2.03. The van der Waals surface area contributed by atoms with E-state index in [0.717, 1.165) is 17.1 Å². The van der Waals surface area contributed by atoms with Crippen LogP contribution in [0.5, 0.6) is 5.75 Å². The lowest BCUT2D eigenvalue weighted by Crippen LogP contribution is -2.12. The Morgan fingerprint density at radius 1 is 1.21 bits per heavy atom. The zero-order valence-corrected chi connectivity index (χ0v) is 14.2. The molecule has 2 N–H and O–H groups in total. The SMILES string of the molecule is Cc1ccc(SCCOc2ccc(/C=C(\C#N)C(N)=O)cc2)cc1. The Bertz CT molecular complexity index is 759. The second-order valence-corrected chi connectivity index (χ2v) is 6.28. The van der Waals surface area contributed by atoms with Gasteiger partial charge in [0.25, 0.3) is 5.91 Å². The molecule has 0 saturated heterocycles. The van der Waals surface area contributed by atoms with Crippen molar-refractivity contribution < 1.29 is 9.53 Å². The maximum absolute atomic E-state index is 11.0. The van der Waals surface area contributed by atoms with E-state index in [2.05, 4.69) is 31.2 Å². The third-order valence-electron chi connectivity index (χ3n) is 3.22. The third kappa shape index (κ3) is 5.49. The normalized spacial score (nSPS) is 10.9. The number of nitriles is 1. The van der Waals surface area contributed by atoms with Crippen LogP contribution in [0.3, 0.4) is 0 Å². The molecule has 0 fully saturated rings. The standard InChI is InChI=1S/C19H18N2O2S/c1-14-2-8-18(9-3-14)24-11-10-23-17-6-4-15(5-7-17)12-16(13-20)19(21)22/h2-9,12H,10-11H2,1H3,(H2,21,22)/b16-12+. The second kappa shape index (κ2) is 8.80. The van der Waals surface area contributed by atoms with E-state index in [9.17, 15) is 4.79 Å². The van der Waals surface area contributed by atoms with Gasteiger partial charge in [-0.15, -0.1) is 11.8 Å². The summed E-state index contributed by atoms with van der Waals surface area (Å²) >= 11 is 1.74. The van der Waals surface area contributed by atoms with Crippen LogP contribution < -0.4 is 10.5 Å². The molecular formula is C19H18N2O2S. The van der Waals surface area contributed by atoms with E-state index in [1.807, 2.05) is 0 Å². The van der Waals surface area contributed by atoms with Crippen LogP contribution in [0, 0.1) is 18.3 Å². The van der Waals surface area contributed by atoms with Gasteiger partial charge in [0.05, 0.1) is 6.61 Å². The highest BCUT2D eigenvalue weighted by atomic mass is 32.2. The molecule has 0 saturated carbocycles. The van der Waals surface area contributed by atoms with Crippen molar-refractivity contribution in [1.82, 2.24) is 0 Å². The summed E-state index contributed by atoms with van der Waals surface area (Å²) in [5, 5.41) is 8.82. The number of rotatable bonds is 7. The van der Waals surface area contributed by atoms with Crippen LogP contribution in [-0.2, 0) is 4.79 Å². The van der Waals surface area contributed by atoms with E-state index in [4.69, 9.17) is 15.7 Å². The Labute approximate surface area is 145 Å². The quantitative estimate of drug-likeness (QED) is 0.362. The molecular weight excluding hydrogens is 320 g/mol. The maximum Gasteiger partial charge on any atom is 0.259 e. The minimum Gasteiger partial charge on any atom is -0.493 e. The van der Waals surface area contributed by atoms with Gasteiger partial charge in [0.15, 0.2) is 0 Å². The Morgan fingerprint density at radius 3 is 2.46 bits per heavy atom. The van der Waals surface area contributed by atoms with E-state index < -0.39 is 5.91 Å². The summed E-state index contributed by atoms with van der Waals surface area (Å²) in [6, 6.07) is 17.3.